The largest absolute Gasteiger partial charge is 0.497 e. The molecule has 1 N–H and O–H groups in total. The molecule has 2 unspecified atom stereocenters. The highest BCUT2D eigenvalue weighted by molar-refractivity contribution is 7.98. The number of ether oxygens (including phenoxy) is 2. The molecule has 0 bridgehead atoms. The van der Waals surface area contributed by atoms with E-state index in [1.807, 2.05) is 36.0 Å². The van der Waals surface area contributed by atoms with Gasteiger partial charge in [-0.2, -0.15) is 16.9 Å². The first kappa shape index (κ1) is 17.6. The summed E-state index contributed by atoms with van der Waals surface area (Å²) >= 11 is 1.86. The lowest BCUT2D eigenvalue weighted by Crippen LogP contribution is -2.41. The Morgan fingerprint density at radius 2 is 2.19 bits per heavy atom. The monoisotopic (exact) mass is 373 g/mol. The lowest BCUT2D eigenvalue weighted by Gasteiger charge is -2.23. The van der Waals surface area contributed by atoms with E-state index in [4.69, 9.17) is 9.47 Å². The van der Waals surface area contributed by atoms with Crippen LogP contribution in [0.2, 0.25) is 0 Å². The fourth-order valence-electron chi connectivity index (χ4n) is 3.44. The van der Waals surface area contributed by atoms with E-state index in [-0.39, 0.29) is 17.6 Å². The van der Waals surface area contributed by atoms with Crippen LogP contribution < -0.4 is 15.6 Å². The molecule has 6 nitrogen and oxygen atoms in total. The van der Waals surface area contributed by atoms with E-state index >= 15 is 0 Å². The summed E-state index contributed by atoms with van der Waals surface area (Å²) in [6.45, 7) is 1.81. The number of hydrogen-bond acceptors (Lipinski definition) is 6. The maximum Gasteiger partial charge on any atom is 0.267 e. The van der Waals surface area contributed by atoms with Gasteiger partial charge in [-0.3, -0.25) is 4.79 Å². The van der Waals surface area contributed by atoms with Gasteiger partial charge >= 0.3 is 0 Å². The predicted octanol–water partition coefficient (Wildman–Crippen LogP) is 1.77. The third kappa shape index (κ3) is 3.65. The quantitative estimate of drug-likeness (QED) is 0.862. The number of hydrogen-bond donors (Lipinski definition) is 1. The molecule has 2 aromatic rings. The maximum atomic E-state index is 12.6. The van der Waals surface area contributed by atoms with Crippen molar-refractivity contribution in [3.63, 3.8) is 0 Å². The van der Waals surface area contributed by atoms with Crippen LogP contribution >= 0.6 is 11.8 Å². The van der Waals surface area contributed by atoms with Crippen LogP contribution in [-0.2, 0) is 23.5 Å². The standard InChI is InChI=1S/C19H23N3O3S/c1-24-15-4-2-13(3-5-15)9-20-17-10-25-11-18(17)22-19(23)8-14-12-26-7-6-16(14)21-22/h2-5,8,17-18,20H,6-7,9-12H2,1H3. The summed E-state index contributed by atoms with van der Waals surface area (Å²) in [5, 5.41) is 8.20. The number of aryl methyl sites for hydroxylation is 1. The molecule has 26 heavy (non-hydrogen) atoms. The summed E-state index contributed by atoms with van der Waals surface area (Å²) < 4.78 is 12.5. The van der Waals surface area contributed by atoms with E-state index in [0.29, 0.717) is 19.8 Å². The fourth-order valence-corrected chi connectivity index (χ4v) is 4.39. The van der Waals surface area contributed by atoms with Gasteiger partial charge in [-0.05, 0) is 29.0 Å². The predicted molar refractivity (Wildman–Crippen MR) is 102 cm³/mol. The average molecular weight is 373 g/mol. The van der Waals surface area contributed by atoms with E-state index in [2.05, 4.69) is 10.4 Å². The summed E-state index contributed by atoms with van der Waals surface area (Å²) in [5.41, 5.74) is 3.28. The van der Waals surface area contributed by atoms with Crippen LogP contribution in [0.3, 0.4) is 0 Å². The summed E-state index contributed by atoms with van der Waals surface area (Å²) in [6.07, 6.45) is 0.928. The van der Waals surface area contributed by atoms with Gasteiger partial charge in [-0.25, -0.2) is 4.68 Å². The van der Waals surface area contributed by atoms with Crippen molar-refractivity contribution < 1.29 is 9.47 Å². The molecule has 0 amide bonds. The molecular formula is C19H23N3O3S. The Morgan fingerprint density at radius 1 is 1.35 bits per heavy atom. The summed E-state index contributed by atoms with van der Waals surface area (Å²) in [5.74, 6) is 2.80. The SMILES string of the molecule is COc1ccc(CNC2COCC2n2nc3c(cc2=O)CSCC3)cc1. The van der Waals surface area contributed by atoms with Crippen LogP contribution in [0, 0.1) is 0 Å². The molecular weight excluding hydrogens is 350 g/mol. The molecule has 138 valence electrons. The molecule has 0 aliphatic carbocycles. The smallest absolute Gasteiger partial charge is 0.267 e. The minimum atomic E-state index is -0.0689. The van der Waals surface area contributed by atoms with Gasteiger partial charge in [0.15, 0.2) is 0 Å². The van der Waals surface area contributed by atoms with Gasteiger partial charge in [0.25, 0.3) is 5.56 Å². The summed E-state index contributed by atoms with van der Waals surface area (Å²) in [6, 6.07) is 9.74. The molecule has 1 saturated heterocycles. The zero-order valence-electron chi connectivity index (χ0n) is 14.8. The lowest BCUT2D eigenvalue weighted by molar-refractivity contribution is 0.180. The van der Waals surface area contributed by atoms with Crippen molar-refractivity contribution in [1.82, 2.24) is 15.1 Å². The molecule has 1 aromatic heterocycles. The summed E-state index contributed by atoms with van der Waals surface area (Å²) in [4.78, 5) is 12.6. The van der Waals surface area contributed by atoms with Crippen LogP contribution in [0.5, 0.6) is 5.75 Å². The molecule has 1 aromatic carbocycles. The van der Waals surface area contributed by atoms with E-state index in [9.17, 15) is 4.79 Å². The zero-order valence-corrected chi connectivity index (χ0v) is 15.6. The van der Waals surface area contributed by atoms with Crippen molar-refractivity contribution in [1.29, 1.82) is 0 Å². The first-order chi connectivity index (χ1) is 12.7. The number of thioether (sulfide) groups is 1. The van der Waals surface area contributed by atoms with Crippen LogP contribution in [0.4, 0.5) is 0 Å². The second-order valence-corrected chi connectivity index (χ2v) is 7.75. The third-order valence-corrected chi connectivity index (χ3v) is 5.96. The molecule has 0 spiro atoms. The molecule has 0 radical (unpaired) electrons. The summed E-state index contributed by atoms with van der Waals surface area (Å²) in [7, 11) is 1.66. The van der Waals surface area contributed by atoms with Crippen molar-refractivity contribution in [3.05, 3.63) is 57.5 Å². The lowest BCUT2D eigenvalue weighted by atomic mass is 10.1. The Hall–Kier alpha value is -1.83. The van der Waals surface area contributed by atoms with Crippen molar-refractivity contribution in [2.75, 3.05) is 26.1 Å². The molecule has 2 aliphatic rings. The number of fused-ring (bicyclic) bond motifs is 1. The van der Waals surface area contributed by atoms with Gasteiger partial charge in [0.05, 0.1) is 38.1 Å². The van der Waals surface area contributed by atoms with Gasteiger partial charge in [-0.15, -0.1) is 0 Å². The van der Waals surface area contributed by atoms with Crippen molar-refractivity contribution in [2.45, 2.75) is 30.8 Å². The van der Waals surface area contributed by atoms with Gasteiger partial charge in [0.2, 0.25) is 0 Å². The second-order valence-electron chi connectivity index (χ2n) is 6.64. The van der Waals surface area contributed by atoms with Gasteiger partial charge in [-0.1, -0.05) is 12.1 Å². The number of nitrogens with one attached hydrogen (secondary N) is 1. The van der Waals surface area contributed by atoms with E-state index in [0.717, 1.165) is 34.9 Å². The van der Waals surface area contributed by atoms with E-state index in [1.54, 1.807) is 17.9 Å². The number of rotatable bonds is 5. The molecule has 2 aliphatic heterocycles. The second kappa shape index (κ2) is 7.82. The Kier molecular flexibility index (Phi) is 5.28. The molecule has 1 fully saturated rings. The molecule has 2 atom stereocenters. The first-order valence-electron chi connectivity index (χ1n) is 8.88. The highest BCUT2D eigenvalue weighted by Gasteiger charge is 2.31. The molecule has 7 heteroatoms. The van der Waals surface area contributed by atoms with Gasteiger partial charge in [0.1, 0.15) is 5.75 Å². The van der Waals surface area contributed by atoms with E-state index < -0.39 is 0 Å². The fraction of sp³-hybridized carbons (Fsp3) is 0.474. The Balaban J connectivity index is 1.48. The number of aromatic nitrogens is 2. The van der Waals surface area contributed by atoms with Crippen molar-refractivity contribution >= 4 is 11.8 Å². The van der Waals surface area contributed by atoms with Crippen LogP contribution in [-0.4, -0.2) is 41.9 Å². The Morgan fingerprint density at radius 3 is 3.00 bits per heavy atom. The highest BCUT2D eigenvalue weighted by atomic mass is 32.2. The van der Waals surface area contributed by atoms with Gasteiger partial charge < -0.3 is 14.8 Å². The first-order valence-corrected chi connectivity index (χ1v) is 10.0. The zero-order chi connectivity index (χ0) is 17.9. The van der Waals surface area contributed by atoms with Crippen LogP contribution in [0.25, 0.3) is 0 Å². The number of methoxy groups -OCH3 is 1. The molecule has 0 saturated carbocycles. The maximum absolute atomic E-state index is 12.6. The topological polar surface area (TPSA) is 65.4 Å². The van der Waals surface area contributed by atoms with Crippen LogP contribution in [0.1, 0.15) is 22.9 Å². The molecule has 4 rings (SSSR count). The number of benzene rings is 1. The number of nitrogens with zero attached hydrogens (tertiary/aromatic N) is 2. The average Bonchev–Trinajstić information content (AvgIpc) is 3.14. The van der Waals surface area contributed by atoms with Crippen LogP contribution in [0.15, 0.2) is 35.1 Å². The minimum absolute atomic E-state index is 0.0296. The van der Waals surface area contributed by atoms with Gasteiger partial charge in [0, 0.05) is 24.8 Å². The Labute approximate surface area is 156 Å². The normalized spacial score (nSPS) is 22.2. The minimum Gasteiger partial charge on any atom is -0.497 e. The van der Waals surface area contributed by atoms with E-state index in [1.165, 1.54) is 5.56 Å². The third-order valence-electron chi connectivity index (χ3n) is 4.96. The van der Waals surface area contributed by atoms with Crippen molar-refractivity contribution in [3.8, 4) is 5.75 Å². The Bertz CT molecular complexity index is 822. The molecule has 3 heterocycles. The van der Waals surface area contributed by atoms with Crippen molar-refractivity contribution in [2.24, 2.45) is 0 Å². The highest BCUT2D eigenvalue weighted by Crippen LogP contribution is 2.23.